The smallest absolute Gasteiger partial charge is 0.162 e. The molecule has 1 aliphatic heterocycles. The Hall–Kier alpha value is -3.52. The molecule has 164 valence electrons. The Morgan fingerprint density at radius 2 is 1.91 bits per heavy atom. The number of aryl methyl sites for hydroxylation is 1. The van der Waals surface area contributed by atoms with E-state index in [0.717, 1.165) is 28.3 Å². The van der Waals surface area contributed by atoms with Gasteiger partial charge in [-0.3, -0.25) is 9.69 Å². The Morgan fingerprint density at radius 3 is 2.53 bits per heavy atom. The summed E-state index contributed by atoms with van der Waals surface area (Å²) in [4.78, 5) is 15.4. The zero-order valence-corrected chi connectivity index (χ0v) is 19.1. The van der Waals surface area contributed by atoms with Crippen molar-refractivity contribution in [2.24, 2.45) is 11.1 Å². The van der Waals surface area contributed by atoms with Gasteiger partial charge >= 0.3 is 0 Å². The van der Waals surface area contributed by atoms with Crippen LogP contribution < -0.4 is 15.4 Å². The van der Waals surface area contributed by atoms with Gasteiger partial charge in [0.15, 0.2) is 5.78 Å². The van der Waals surface area contributed by atoms with E-state index in [2.05, 4.69) is 19.9 Å². The van der Waals surface area contributed by atoms with E-state index in [4.69, 9.17) is 10.5 Å². The van der Waals surface area contributed by atoms with Crippen LogP contribution in [-0.2, 0) is 4.79 Å². The third-order valence-electron chi connectivity index (χ3n) is 6.17. The first-order valence-corrected chi connectivity index (χ1v) is 11.0. The van der Waals surface area contributed by atoms with E-state index < -0.39 is 5.92 Å². The van der Waals surface area contributed by atoms with E-state index in [-0.39, 0.29) is 11.2 Å². The summed E-state index contributed by atoms with van der Waals surface area (Å²) < 4.78 is 5.57. The van der Waals surface area contributed by atoms with Gasteiger partial charge in [-0.1, -0.05) is 38.1 Å². The molecular weight excluding hydrogens is 398 g/mol. The zero-order chi connectivity index (χ0) is 23.0. The van der Waals surface area contributed by atoms with Gasteiger partial charge in [-0.25, -0.2) is 0 Å². The van der Waals surface area contributed by atoms with Crippen LogP contribution in [0.2, 0.25) is 0 Å². The van der Waals surface area contributed by atoms with Gasteiger partial charge < -0.3 is 10.5 Å². The van der Waals surface area contributed by atoms with Gasteiger partial charge in [0.25, 0.3) is 0 Å². The van der Waals surface area contributed by atoms with Crippen LogP contribution in [0.3, 0.4) is 0 Å². The van der Waals surface area contributed by atoms with Gasteiger partial charge in [0, 0.05) is 23.4 Å². The summed E-state index contributed by atoms with van der Waals surface area (Å²) in [5, 5.41) is 10.2. The van der Waals surface area contributed by atoms with E-state index in [0.29, 0.717) is 36.4 Å². The number of rotatable bonds is 4. The molecule has 1 atom stereocenters. The molecule has 0 radical (unpaired) electrons. The maximum atomic E-state index is 13.5. The largest absolute Gasteiger partial charge is 0.494 e. The highest BCUT2D eigenvalue weighted by Gasteiger charge is 2.44. The number of hydrogen-bond donors (Lipinski definition) is 1. The molecule has 2 aromatic carbocycles. The average Bonchev–Trinajstić information content (AvgIpc) is 2.73. The Labute approximate surface area is 189 Å². The summed E-state index contributed by atoms with van der Waals surface area (Å²) in [6.07, 6.45) is 1.15. The quantitative estimate of drug-likeness (QED) is 0.713. The Bertz CT molecular complexity index is 1170. The van der Waals surface area contributed by atoms with E-state index >= 15 is 0 Å². The number of anilines is 1. The summed E-state index contributed by atoms with van der Waals surface area (Å²) in [6.45, 7) is 8.75. The van der Waals surface area contributed by atoms with Crippen molar-refractivity contribution < 1.29 is 9.53 Å². The molecule has 1 heterocycles. The molecule has 0 bridgehead atoms. The summed E-state index contributed by atoms with van der Waals surface area (Å²) in [6, 6.07) is 18.0. The van der Waals surface area contributed by atoms with Gasteiger partial charge in [-0.2, -0.15) is 5.26 Å². The van der Waals surface area contributed by atoms with Crippen molar-refractivity contribution in [1.29, 1.82) is 5.26 Å². The molecule has 1 unspecified atom stereocenters. The second kappa shape index (κ2) is 8.20. The Balaban J connectivity index is 1.94. The fourth-order valence-electron chi connectivity index (χ4n) is 4.83. The number of ketones is 1. The van der Waals surface area contributed by atoms with E-state index in [1.54, 1.807) is 0 Å². The molecule has 0 amide bonds. The lowest BCUT2D eigenvalue weighted by Crippen LogP contribution is -2.42. The molecule has 0 saturated heterocycles. The zero-order valence-electron chi connectivity index (χ0n) is 19.1. The molecule has 0 aromatic heterocycles. The fourth-order valence-corrected chi connectivity index (χ4v) is 4.83. The summed E-state index contributed by atoms with van der Waals surface area (Å²) in [5.41, 5.74) is 11.3. The number of carbonyl (C=O) groups is 1. The van der Waals surface area contributed by atoms with Crippen molar-refractivity contribution in [3.05, 3.63) is 82.3 Å². The van der Waals surface area contributed by atoms with Crippen molar-refractivity contribution in [3.8, 4) is 11.8 Å². The molecule has 0 saturated carbocycles. The average molecular weight is 428 g/mol. The molecular formula is C27H29N3O2. The third-order valence-corrected chi connectivity index (χ3v) is 6.17. The molecule has 2 aromatic rings. The fraction of sp³-hybridized carbons (Fsp3) is 0.333. The van der Waals surface area contributed by atoms with Crippen molar-refractivity contribution in [3.63, 3.8) is 0 Å². The number of ether oxygens (including phenoxy) is 1. The van der Waals surface area contributed by atoms with Gasteiger partial charge in [-0.05, 0) is 61.1 Å². The van der Waals surface area contributed by atoms with Crippen molar-refractivity contribution in [2.75, 3.05) is 11.5 Å². The molecule has 2 N–H and O–H groups in total. The first-order chi connectivity index (χ1) is 15.3. The number of hydrogen-bond acceptors (Lipinski definition) is 5. The summed E-state index contributed by atoms with van der Waals surface area (Å²) in [5.74, 6) is 0.749. The van der Waals surface area contributed by atoms with Crippen molar-refractivity contribution in [2.45, 2.75) is 46.5 Å². The van der Waals surface area contributed by atoms with Crippen molar-refractivity contribution in [1.82, 2.24) is 0 Å². The number of allylic oxidation sites excluding steroid dienone is 3. The SMILES string of the molecule is CCOc1ccc(C2C(C#N)=C(N)N(c3cccc(C)c3)C3=C2C(=O)CC(C)(C)C3)cc1. The summed E-state index contributed by atoms with van der Waals surface area (Å²) >= 11 is 0. The van der Waals surface area contributed by atoms with Crippen LogP contribution in [-0.4, -0.2) is 12.4 Å². The van der Waals surface area contributed by atoms with Crippen LogP contribution in [0.4, 0.5) is 5.69 Å². The highest BCUT2D eigenvalue weighted by Crippen LogP contribution is 2.50. The minimum absolute atomic E-state index is 0.0769. The van der Waals surface area contributed by atoms with Crippen LogP contribution in [0.15, 0.2) is 71.2 Å². The molecule has 32 heavy (non-hydrogen) atoms. The molecule has 5 nitrogen and oxygen atoms in total. The highest BCUT2D eigenvalue weighted by molar-refractivity contribution is 6.01. The van der Waals surface area contributed by atoms with Crippen LogP contribution in [0.1, 0.15) is 50.7 Å². The normalized spacial score (nSPS) is 20.2. The van der Waals surface area contributed by atoms with Gasteiger partial charge in [-0.15, -0.1) is 0 Å². The maximum absolute atomic E-state index is 13.5. The van der Waals surface area contributed by atoms with Gasteiger partial charge in [0.05, 0.1) is 24.2 Å². The third kappa shape index (κ3) is 3.78. The minimum atomic E-state index is -0.477. The second-order valence-electron chi connectivity index (χ2n) is 9.32. The predicted octanol–water partition coefficient (Wildman–Crippen LogP) is 5.33. The molecule has 0 spiro atoms. The molecule has 4 rings (SSSR count). The number of nitriles is 1. The number of Topliss-reactive ketones (excluding diaryl/α,β-unsaturated/α-hetero) is 1. The van der Waals surface area contributed by atoms with Crippen LogP contribution in [0.5, 0.6) is 5.75 Å². The number of nitrogens with two attached hydrogens (primary N) is 1. The number of benzene rings is 2. The Morgan fingerprint density at radius 1 is 1.19 bits per heavy atom. The first-order valence-electron chi connectivity index (χ1n) is 11.0. The molecule has 2 aliphatic rings. The lowest BCUT2D eigenvalue weighted by atomic mass is 9.68. The van der Waals surface area contributed by atoms with Crippen LogP contribution in [0, 0.1) is 23.7 Å². The first kappa shape index (κ1) is 21.7. The number of carbonyl (C=O) groups excluding carboxylic acids is 1. The lowest BCUT2D eigenvalue weighted by molar-refractivity contribution is -0.118. The lowest BCUT2D eigenvalue weighted by Gasteiger charge is -2.43. The molecule has 1 aliphatic carbocycles. The molecule has 0 fully saturated rings. The van der Waals surface area contributed by atoms with E-state index in [1.165, 1.54) is 0 Å². The van der Waals surface area contributed by atoms with Gasteiger partial charge in [0.1, 0.15) is 11.6 Å². The topological polar surface area (TPSA) is 79.3 Å². The minimum Gasteiger partial charge on any atom is -0.494 e. The maximum Gasteiger partial charge on any atom is 0.162 e. The standard InChI is InChI=1S/C27H29N3O2/c1-5-32-20-11-9-18(10-12-20)24-21(16-28)26(29)30(19-8-6-7-17(2)13-19)22-14-27(3,4)15-23(31)25(22)24/h6-13,24H,5,14-15,29H2,1-4H3. The molecule has 5 heteroatoms. The van der Waals surface area contributed by atoms with E-state index in [1.807, 2.05) is 67.3 Å². The predicted molar refractivity (Wildman–Crippen MR) is 126 cm³/mol. The van der Waals surface area contributed by atoms with E-state index in [9.17, 15) is 10.1 Å². The van der Waals surface area contributed by atoms with Crippen LogP contribution in [0.25, 0.3) is 0 Å². The highest BCUT2D eigenvalue weighted by atomic mass is 16.5. The second-order valence-corrected chi connectivity index (χ2v) is 9.32. The van der Waals surface area contributed by atoms with Crippen LogP contribution >= 0.6 is 0 Å². The summed E-state index contributed by atoms with van der Waals surface area (Å²) in [7, 11) is 0. The van der Waals surface area contributed by atoms with Crippen molar-refractivity contribution >= 4 is 11.5 Å². The van der Waals surface area contributed by atoms with Gasteiger partial charge in [0.2, 0.25) is 0 Å². The monoisotopic (exact) mass is 427 g/mol. The number of nitrogens with zero attached hydrogens (tertiary/aromatic N) is 2. The Kier molecular flexibility index (Phi) is 5.56.